The molecule has 0 aromatic carbocycles. The quantitative estimate of drug-likeness (QED) is 0.224. The van der Waals surface area contributed by atoms with Crippen LogP contribution in [0.1, 0.15) is 39.4 Å². The zero-order valence-corrected chi connectivity index (χ0v) is 24.0. The molecule has 8 heteroatoms. The molecule has 38 heavy (non-hydrogen) atoms. The van der Waals surface area contributed by atoms with E-state index in [1.54, 1.807) is 18.3 Å². The first-order valence-corrected chi connectivity index (χ1v) is 16.7. The molecule has 1 fully saturated rings. The van der Waals surface area contributed by atoms with Gasteiger partial charge in [-0.2, -0.15) is 5.26 Å². The molecule has 0 unspecified atom stereocenters. The van der Waals surface area contributed by atoms with Crippen LogP contribution in [0, 0.1) is 51.9 Å². The first-order valence-electron chi connectivity index (χ1n) is 12.9. The van der Waals surface area contributed by atoms with Crippen LogP contribution in [-0.4, -0.2) is 35.8 Å². The molecule has 0 amide bonds. The molecule has 0 spiro atoms. The van der Waals surface area contributed by atoms with E-state index in [0.717, 1.165) is 11.6 Å². The lowest BCUT2D eigenvalue weighted by Gasteiger charge is -2.56. The standard InChI is InChI=1S/C30H34N4O3Si/c1-28(2)24-8-10-30(11-9-26-33-12-13-34(26)20-37-14-15-38(5,6)7)17-21(19-31)23(35)16-25(30)29(24,3)18-22(32-4)27(28)36/h12-13,16-18,24H,8,10,14-15,20H2,1-3,5-7H3/t24-,29-,30+/m0/s1. The Hall–Kier alpha value is -3.51. The van der Waals surface area contributed by atoms with Crippen molar-refractivity contribution in [2.24, 2.45) is 22.2 Å². The number of nitriles is 1. The van der Waals surface area contributed by atoms with Gasteiger partial charge in [-0.15, -0.1) is 0 Å². The summed E-state index contributed by atoms with van der Waals surface area (Å²) in [6, 6.07) is 3.10. The first-order chi connectivity index (χ1) is 17.8. The average Bonchev–Trinajstić information content (AvgIpc) is 3.30. The summed E-state index contributed by atoms with van der Waals surface area (Å²) >= 11 is 0. The molecule has 3 aliphatic rings. The summed E-state index contributed by atoms with van der Waals surface area (Å²) in [5, 5.41) is 9.69. The molecule has 3 aliphatic carbocycles. The third-order valence-electron chi connectivity index (χ3n) is 8.25. The zero-order chi connectivity index (χ0) is 27.9. The summed E-state index contributed by atoms with van der Waals surface area (Å²) in [6.45, 7) is 21.3. The number of hydrogen-bond acceptors (Lipinski definition) is 5. The average molecular weight is 527 g/mol. The fourth-order valence-electron chi connectivity index (χ4n) is 6.14. The van der Waals surface area contributed by atoms with E-state index in [9.17, 15) is 14.9 Å². The Labute approximate surface area is 226 Å². The number of carbonyl (C=O) groups is 2. The van der Waals surface area contributed by atoms with Crippen LogP contribution in [0.2, 0.25) is 25.7 Å². The van der Waals surface area contributed by atoms with Crippen molar-refractivity contribution in [1.29, 1.82) is 5.26 Å². The fraction of sp³-hybridized carbons (Fsp3) is 0.500. The van der Waals surface area contributed by atoms with Crippen LogP contribution < -0.4 is 0 Å². The number of Topliss-reactive ketones (excluding diaryl/α,β-unsaturated/α-hetero) is 1. The van der Waals surface area contributed by atoms with Gasteiger partial charge < -0.3 is 14.1 Å². The maximum Gasteiger partial charge on any atom is 0.226 e. The Morgan fingerprint density at radius 2 is 2.00 bits per heavy atom. The van der Waals surface area contributed by atoms with Crippen LogP contribution in [0.5, 0.6) is 0 Å². The van der Waals surface area contributed by atoms with Crippen molar-refractivity contribution in [1.82, 2.24) is 9.55 Å². The minimum atomic E-state index is -1.20. The molecule has 1 aromatic rings. The molecular weight excluding hydrogens is 492 g/mol. The molecule has 1 heterocycles. The predicted octanol–water partition coefficient (Wildman–Crippen LogP) is 5.32. The highest BCUT2D eigenvalue weighted by Gasteiger charge is 2.59. The Morgan fingerprint density at radius 3 is 2.66 bits per heavy atom. The van der Waals surface area contributed by atoms with E-state index in [1.807, 2.05) is 37.6 Å². The van der Waals surface area contributed by atoms with Crippen LogP contribution in [0.15, 0.2) is 47.5 Å². The monoisotopic (exact) mass is 526 g/mol. The predicted molar refractivity (Wildman–Crippen MR) is 147 cm³/mol. The van der Waals surface area contributed by atoms with E-state index >= 15 is 0 Å². The number of aromatic nitrogens is 2. The van der Waals surface area contributed by atoms with E-state index in [2.05, 4.69) is 41.3 Å². The van der Waals surface area contributed by atoms with E-state index in [1.165, 1.54) is 6.08 Å². The van der Waals surface area contributed by atoms with Crippen LogP contribution in [0.3, 0.4) is 0 Å². The lowest BCUT2D eigenvalue weighted by molar-refractivity contribution is -0.130. The highest BCUT2D eigenvalue weighted by atomic mass is 28.3. The second kappa shape index (κ2) is 9.66. The van der Waals surface area contributed by atoms with Crippen LogP contribution in [0.25, 0.3) is 4.85 Å². The molecule has 4 rings (SSSR count). The molecule has 0 aliphatic heterocycles. The molecule has 7 nitrogen and oxygen atoms in total. The molecule has 0 N–H and O–H groups in total. The van der Waals surface area contributed by atoms with Gasteiger partial charge in [0.2, 0.25) is 5.70 Å². The lowest BCUT2D eigenvalue weighted by Crippen LogP contribution is -2.53. The van der Waals surface area contributed by atoms with Gasteiger partial charge >= 0.3 is 0 Å². The summed E-state index contributed by atoms with van der Waals surface area (Å²) in [7, 11) is -1.20. The Bertz CT molecular complexity index is 1430. The molecular formula is C30H34N4O3Si. The minimum absolute atomic E-state index is 0.0589. The van der Waals surface area contributed by atoms with Crippen molar-refractivity contribution in [3.8, 4) is 17.9 Å². The number of fused-ring (bicyclic) bond motifs is 3. The van der Waals surface area contributed by atoms with Crippen molar-refractivity contribution < 1.29 is 14.3 Å². The van der Waals surface area contributed by atoms with Gasteiger partial charge in [-0.3, -0.25) is 4.79 Å². The van der Waals surface area contributed by atoms with E-state index in [0.29, 0.717) is 32.0 Å². The third-order valence-corrected chi connectivity index (χ3v) is 9.95. The third kappa shape index (κ3) is 4.73. The number of rotatable bonds is 5. The van der Waals surface area contributed by atoms with E-state index < -0.39 is 24.3 Å². The van der Waals surface area contributed by atoms with Crippen LogP contribution in [0.4, 0.5) is 0 Å². The van der Waals surface area contributed by atoms with Gasteiger partial charge in [0, 0.05) is 37.9 Å². The number of imidazole rings is 1. The molecule has 3 atom stereocenters. The highest BCUT2D eigenvalue weighted by Crippen LogP contribution is 2.63. The maximum absolute atomic E-state index is 13.1. The Balaban J connectivity index is 1.75. The van der Waals surface area contributed by atoms with Crippen molar-refractivity contribution in [3.63, 3.8) is 0 Å². The minimum Gasteiger partial charge on any atom is -0.361 e. The first kappa shape index (κ1) is 27.5. The smallest absolute Gasteiger partial charge is 0.226 e. The second-order valence-corrected chi connectivity index (χ2v) is 18.1. The van der Waals surface area contributed by atoms with Gasteiger partial charge in [0.25, 0.3) is 0 Å². The summed E-state index contributed by atoms with van der Waals surface area (Å²) in [4.78, 5) is 34.0. The summed E-state index contributed by atoms with van der Waals surface area (Å²) in [6.07, 6.45) is 9.65. The van der Waals surface area contributed by atoms with Crippen LogP contribution in [-0.2, 0) is 21.1 Å². The van der Waals surface area contributed by atoms with Gasteiger partial charge in [-0.05, 0) is 48.4 Å². The highest BCUT2D eigenvalue weighted by molar-refractivity contribution is 6.76. The number of ether oxygens (including phenoxy) is 1. The van der Waals surface area contributed by atoms with Crippen LogP contribution >= 0.6 is 0 Å². The van der Waals surface area contributed by atoms with E-state index in [4.69, 9.17) is 11.3 Å². The number of allylic oxidation sites excluding steroid dienone is 6. The maximum atomic E-state index is 13.1. The summed E-state index contributed by atoms with van der Waals surface area (Å²) < 4.78 is 7.75. The van der Waals surface area contributed by atoms with Gasteiger partial charge in [0.15, 0.2) is 17.4 Å². The largest absolute Gasteiger partial charge is 0.361 e. The number of nitrogens with zero attached hydrogens (tertiary/aromatic N) is 4. The number of carbonyl (C=O) groups excluding carboxylic acids is 2. The van der Waals surface area contributed by atoms with Gasteiger partial charge in [0.1, 0.15) is 12.8 Å². The SMILES string of the molecule is [C-]#[N+]C1=C[C@]2(C)C3=CC(=O)C(C#N)=C[C@]3(C#Cc3nccn3COCC[Si](C)(C)C)CC[C@H]2C(C)(C)C1=O. The van der Waals surface area contributed by atoms with Gasteiger partial charge in [-0.25, -0.2) is 9.83 Å². The van der Waals surface area contributed by atoms with Crippen molar-refractivity contribution >= 4 is 19.6 Å². The summed E-state index contributed by atoms with van der Waals surface area (Å²) in [5.74, 6) is 6.50. The van der Waals surface area contributed by atoms with Crippen molar-refractivity contribution in [3.05, 3.63) is 64.7 Å². The molecule has 0 radical (unpaired) electrons. The normalized spacial score (nSPS) is 27.9. The zero-order valence-electron chi connectivity index (χ0n) is 23.0. The number of hydrogen-bond donors (Lipinski definition) is 0. The lowest BCUT2D eigenvalue weighted by atomic mass is 9.46. The second-order valence-electron chi connectivity index (χ2n) is 12.4. The molecule has 196 valence electrons. The van der Waals surface area contributed by atoms with Gasteiger partial charge in [0.05, 0.1) is 17.6 Å². The van der Waals surface area contributed by atoms with Gasteiger partial charge in [-0.1, -0.05) is 52.4 Å². The fourth-order valence-corrected chi connectivity index (χ4v) is 6.90. The van der Waals surface area contributed by atoms with Crippen molar-refractivity contribution in [2.45, 2.75) is 66.0 Å². The molecule has 1 aromatic heterocycles. The molecule has 1 saturated carbocycles. The molecule has 0 saturated heterocycles. The molecule has 0 bridgehead atoms. The van der Waals surface area contributed by atoms with E-state index in [-0.39, 0.29) is 28.8 Å². The topological polar surface area (TPSA) is 89.3 Å². The number of ketones is 2. The Kier molecular flexibility index (Phi) is 7.00. The Morgan fingerprint density at radius 1 is 1.26 bits per heavy atom. The summed E-state index contributed by atoms with van der Waals surface area (Å²) in [5.41, 5.74) is -1.51. The van der Waals surface area contributed by atoms with Crippen molar-refractivity contribution in [2.75, 3.05) is 6.61 Å².